The summed E-state index contributed by atoms with van der Waals surface area (Å²) in [6.07, 6.45) is 2.20. The van der Waals surface area contributed by atoms with Crippen LogP contribution in [-0.2, 0) is 4.74 Å². The van der Waals surface area contributed by atoms with Crippen molar-refractivity contribution in [2.45, 2.75) is 52.3 Å². The number of hydrogen-bond acceptors (Lipinski definition) is 3. The summed E-state index contributed by atoms with van der Waals surface area (Å²) in [6.45, 7) is 8.71. The molecule has 2 aliphatic rings. The number of ether oxygens (including phenoxy) is 1. The first-order valence-electron chi connectivity index (χ1n) is 7.20. The summed E-state index contributed by atoms with van der Waals surface area (Å²) in [5.41, 5.74) is 0.368. The number of halogens is 2. The Morgan fingerprint density at radius 1 is 1.38 bits per heavy atom. The highest BCUT2D eigenvalue weighted by Crippen LogP contribution is 2.32. The predicted molar refractivity (Wildman–Crippen MR) is 80.4 cm³/mol. The SMILES string of the molecule is CC1N(C(=O)OC(C)(C)C)CCN1C1=CC(F)=C(Cl)CC1. The van der Waals surface area contributed by atoms with Crippen LogP contribution in [0.25, 0.3) is 0 Å². The number of hydrogen-bond donors (Lipinski definition) is 0. The van der Waals surface area contributed by atoms with Crippen molar-refractivity contribution in [1.82, 2.24) is 9.80 Å². The molecule has 4 nitrogen and oxygen atoms in total. The summed E-state index contributed by atoms with van der Waals surface area (Å²) in [5.74, 6) is -0.374. The third-order valence-corrected chi connectivity index (χ3v) is 4.00. The van der Waals surface area contributed by atoms with Crippen LogP contribution in [0.3, 0.4) is 0 Å². The number of nitrogens with zero attached hydrogens (tertiary/aromatic N) is 2. The second kappa shape index (κ2) is 5.87. The molecule has 6 heteroatoms. The van der Waals surface area contributed by atoms with Crippen molar-refractivity contribution < 1.29 is 13.9 Å². The van der Waals surface area contributed by atoms with Gasteiger partial charge in [0.15, 0.2) is 0 Å². The molecular weight excluding hydrogens is 295 g/mol. The molecule has 0 N–H and O–H groups in total. The number of carbonyl (C=O) groups excluding carboxylic acids is 1. The number of rotatable bonds is 1. The highest BCUT2D eigenvalue weighted by atomic mass is 35.5. The van der Waals surface area contributed by atoms with Gasteiger partial charge in [-0.15, -0.1) is 0 Å². The van der Waals surface area contributed by atoms with Crippen LogP contribution in [0, 0.1) is 0 Å². The molecule has 1 heterocycles. The lowest BCUT2D eigenvalue weighted by molar-refractivity contribution is 0.0180. The molecule has 0 aromatic rings. The summed E-state index contributed by atoms with van der Waals surface area (Å²) < 4.78 is 19.0. The fourth-order valence-corrected chi connectivity index (χ4v) is 2.73. The van der Waals surface area contributed by atoms with Crippen LogP contribution in [0.5, 0.6) is 0 Å². The Morgan fingerprint density at radius 2 is 2.05 bits per heavy atom. The Balaban J connectivity index is 2.07. The first kappa shape index (κ1) is 16.1. The van der Waals surface area contributed by atoms with E-state index in [4.69, 9.17) is 16.3 Å². The Bertz CT molecular complexity index is 496. The van der Waals surface area contributed by atoms with Crippen LogP contribution >= 0.6 is 11.6 Å². The normalized spacial score (nSPS) is 23.5. The molecule has 21 heavy (non-hydrogen) atoms. The standard InChI is InChI=1S/C15H22ClFN2O2/c1-10-18(11-5-6-12(16)13(17)9-11)7-8-19(10)14(20)21-15(2,3)4/h9-10H,5-8H2,1-4H3. The van der Waals surface area contributed by atoms with Crippen LogP contribution in [0.1, 0.15) is 40.5 Å². The van der Waals surface area contributed by atoms with Crippen molar-refractivity contribution >= 4 is 17.7 Å². The van der Waals surface area contributed by atoms with Gasteiger partial charge in [-0.2, -0.15) is 0 Å². The number of allylic oxidation sites excluding steroid dienone is 4. The number of carbonyl (C=O) groups is 1. The van der Waals surface area contributed by atoms with Gasteiger partial charge in [0.2, 0.25) is 0 Å². The molecule has 1 aliphatic heterocycles. The summed E-state index contributed by atoms with van der Waals surface area (Å²) in [5, 5.41) is 0.273. The zero-order valence-electron chi connectivity index (χ0n) is 12.9. The van der Waals surface area contributed by atoms with Gasteiger partial charge in [0.25, 0.3) is 0 Å². The minimum Gasteiger partial charge on any atom is -0.444 e. The fraction of sp³-hybridized carbons (Fsp3) is 0.667. The van der Waals surface area contributed by atoms with Crippen LogP contribution in [0.2, 0.25) is 0 Å². The first-order chi connectivity index (χ1) is 9.69. The largest absolute Gasteiger partial charge is 0.444 e. The Labute approximate surface area is 130 Å². The Morgan fingerprint density at radius 3 is 2.62 bits per heavy atom. The van der Waals surface area contributed by atoms with Gasteiger partial charge in [0.1, 0.15) is 17.6 Å². The maximum Gasteiger partial charge on any atom is 0.411 e. The number of amides is 1. The van der Waals surface area contributed by atoms with E-state index in [0.29, 0.717) is 25.9 Å². The van der Waals surface area contributed by atoms with E-state index >= 15 is 0 Å². The molecular formula is C15H22ClFN2O2. The maximum atomic E-state index is 13.6. The lowest BCUT2D eigenvalue weighted by Crippen LogP contribution is -2.42. The molecule has 1 amide bonds. The van der Waals surface area contributed by atoms with Gasteiger partial charge in [0.05, 0.1) is 5.03 Å². The molecule has 1 saturated heterocycles. The van der Waals surface area contributed by atoms with E-state index in [1.54, 1.807) is 4.90 Å². The van der Waals surface area contributed by atoms with Gasteiger partial charge in [-0.25, -0.2) is 9.18 Å². The molecule has 2 rings (SSSR count). The molecule has 0 spiro atoms. The minimum atomic E-state index is -0.517. The zero-order valence-corrected chi connectivity index (χ0v) is 13.7. The third kappa shape index (κ3) is 3.70. The zero-order chi connectivity index (χ0) is 15.8. The van der Waals surface area contributed by atoms with Crippen molar-refractivity contribution in [3.8, 4) is 0 Å². The van der Waals surface area contributed by atoms with Gasteiger partial charge < -0.3 is 9.64 Å². The van der Waals surface area contributed by atoms with Crippen molar-refractivity contribution in [1.29, 1.82) is 0 Å². The van der Waals surface area contributed by atoms with Gasteiger partial charge in [0, 0.05) is 18.8 Å². The van der Waals surface area contributed by atoms with E-state index in [2.05, 4.69) is 0 Å². The molecule has 118 valence electrons. The van der Waals surface area contributed by atoms with E-state index in [-0.39, 0.29) is 23.1 Å². The van der Waals surface area contributed by atoms with Crippen LogP contribution in [-0.4, -0.2) is 40.7 Å². The first-order valence-corrected chi connectivity index (χ1v) is 7.58. The molecule has 0 bridgehead atoms. The summed E-state index contributed by atoms with van der Waals surface area (Å²) >= 11 is 5.78. The smallest absolute Gasteiger partial charge is 0.411 e. The molecule has 0 aromatic heterocycles. The Kier molecular flexibility index (Phi) is 4.51. The minimum absolute atomic E-state index is 0.143. The fourth-order valence-electron chi connectivity index (χ4n) is 2.59. The van der Waals surface area contributed by atoms with Gasteiger partial charge in [-0.3, -0.25) is 4.90 Å². The predicted octanol–water partition coefficient (Wildman–Crippen LogP) is 3.98. The monoisotopic (exact) mass is 316 g/mol. The van der Waals surface area contributed by atoms with Gasteiger partial charge in [-0.1, -0.05) is 11.6 Å². The van der Waals surface area contributed by atoms with E-state index in [1.807, 2.05) is 32.6 Å². The quantitative estimate of drug-likeness (QED) is 0.733. The summed E-state index contributed by atoms with van der Waals surface area (Å²) in [7, 11) is 0. The molecule has 1 unspecified atom stereocenters. The molecule has 1 fully saturated rings. The molecule has 1 aliphatic carbocycles. The second-order valence-corrected chi connectivity index (χ2v) is 6.84. The lowest BCUT2D eigenvalue weighted by Gasteiger charge is -2.32. The van der Waals surface area contributed by atoms with Gasteiger partial charge >= 0.3 is 6.09 Å². The maximum absolute atomic E-state index is 13.6. The van der Waals surface area contributed by atoms with E-state index < -0.39 is 5.60 Å². The average Bonchev–Trinajstić information content (AvgIpc) is 2.73. The van der Waals surface area contributed by atoms with Gasteiger partial charge in [-0.05, 0) is 46.6 Å². The van der Waals surface area contributed by atoms with Crippen LogP contribution < -0.4 is 0 Å². The Hall–Kier alpha value is -1.23. The molecule has 1 atom stereocenters. The average molecular weight is 317 g/mol. The molecule has 0 saturated carbocycles. The second-order valence-electron chi connectivity index (χ2n) is 6.39. The van der Waals surface area contributed by atoms with Crippen molar-refractivity contribution in [3.05, 3.63) is 22.6 Å². The highest BCUT2D eigenvalue weighted by molar-refractivity contribution is 6.30. The third-order valence-electron chi connectivity index (χ3n) is 3.63. The molecule has 0 radical (unpaired) electrons. The van der Waals surface area contributed by atoms with Crippen LogP contribution in [0.15, 0.2) is 22.6 Å². The summed E-state index contributed by atoms with van der Waals surface area (Å²) in [6, 6.07) is 0. The summed E-state index contributed by atoms with van der Waals surface area (Å²) in [4.78, 5) is 15.9. The van der Waals surface area contributed by atoms with Crippen molar-refractivity contribution in [2.24, 2.45) is 0 Å². The lowest BCUT2D eigenvalue weighted by atomic mass is 10.1. The van der Waals surface area contributed by atoms with Crippen molar-refractivity contribution in [2.75, 3.05) is 13.1 Å². The topological polar surface area (TPSA) is 32.8 Å². The molecule has 0 aromatic carbocycles. The van der Waals surface area contributed by atoms with Crippen molar-refractivity contribution in [3.63, 3.8) is 0 Å². The van der Waals surface area contributed by atoms with E-state index in [0.717, 1.165) is 5.70 Å². The van der Waals surface area contributed by atoms with E-state index in [1.165, 1.54) is 6.08 Å². The van der Waals surface area contributed by atoms with Crippen LogP contribution in [0.4, 0.5) is 9.18 Å². The highest BCUT2D eigenvalue weighted by Gasteiger charge is 2.36. The van der Waals surface area contributed by atoms with E-state index in [9.17, 15) is 9.18 Å².